The summed E-state index contributed by atoms with van der Waals surface area (Å²) in [5.41, 5.74) is 1.09. The van der Waals surface area contributed by atoms with E-state index >= 15 is 0 Å². The van der Waals surface area contributed by atoms with Crippen molar-refractivity contribution in [3.05, 3.63) is 23.9 Å². The van der Waals surface area contributed by atoms with Crippen LogP contribution in [0.3, 0.4) is 0 Å². The fourth-order valence-electron chi connectivity index (χ4n) is 2.22. The van der Waals surface area contributed by atoms with E-state index in [0.29, 0.717) is 6.10 Å². The van der Waals surface area contributed by atoms with Crippen molar-refractivity contribution >= 4 is 5.82 Å². The molecule has 0 spiro atoms. The maximum Gasteiger partial charge on any atom is 0.128 e. The van der Waals surface area contributed by atoms with Crippen molar-refractivity contribution < 1.29 is 4.74 Å². The van der Waals surface area contributed by atoms with Crippen LogP contribution in [0.1, 0.15) is 25.5 Å². The molecule has 1 unspecified atom stereocenters. The average Bonchev–Trinajstić information content (AvgIpc) is 2.89. The number of nitrogens with one attached hydrogen (secondary N) is 1. The SMILES string of the molecule is CCNCc1cccc(N(C)CC2CCCO2)n1. The van der Waals surface area contributed by atoms with Gasteiger partial charge < -0.3 is 15.0 Å². The molecule has 1 N–H and O–H groups in total. The molecule has 0 radical (unpaired) electrons. The van der Waals surface area contributed by atoms with Gasteiger partial charge in [-0.05, 0) is 31.5 Å². The first-order chi connectivity index (χ1) is 8.79. The molecule has 0 saturated carbocycles. The topological polar surface area (TPSA) is 37.4 Å². The van der Waals surface area contributed by atoms with Crippen LogP contribution in [0, 0.1) is 0 Å². The summed E-state index contributed by atoms with van der Waals surface area (Å²) in [5.74, 6) is 1.03. The Kier molecular flexibility index (Phi) is 4.96. The molecule has 1 aromatic rings. The van der Waals surface area contributed by atoms with Crippen molar-refractivity contribution in [1.82, 2.24) is 10.3 Å². The monoisotopic (exact) mass is 249 g/mol. The molecule has 0 bridgehead atoms. The molecular weight excluding hydrogens is 226 g/mol. The van der Waals surface area contributed by atoms with E-state index in [1.165, 1.54) is 12.8 Å². The van der Waals surface area contributed by atoms with Gasteiger partial charge >= 0.3 is 0 Å². The minimum absolute atomic E-state index is 0.370. The molecule has 100 valence electrons. The van der Waals surface area contributed by atoms with Crippen LogP contribution in [0.5, 0.6) is 0 Å². The fourth-order valence-corrected chi connectivity index (χ4v) is 2.22. The van der Waals surface area contributed by atoms with Crippen molar-refractivity contribution in [1.29, 1.82) is 0 Å². The van der Waals surface area contributed by atoms with Crippen molar-refractivity contribution in [2.24, 2.45) is 0 Å². The molecule has 1 saturated heterocycles. The molecule has 4 heteroatoms. The normalized spacial score (nSPS) is 19.1. The molecule has 1 aliphatic rings. The van der Waals surface area contributed by atoms with Crippen molar-refractivity contribution in [3.63, 3.8) is 0 Å². The van der Waals surface area contributed by atoms with Crippen molar-refractivity contribution in [2.75, 3.05) is 31.6 Å². The number of hydrogen-bond acceptors (Lipinski definition) is 4. The number of likely N-dealkylation sites (N-methyl/N-ethyl adjacent to an activating group) is 1. The molecule has 1 aromatic heterocycles. The number of hydrogen-bond donors (Lipinski definition) is 1. The van der Waals surface area contributed by atoms with Gasteiger partial charge in [-0.3, -0.25) is 0 Å². The molecular formula is C14H23N3O. The van der Waals surface area contributed by atoms with Crippen molar-refractivity contribution in [2.45, 2.75) is 32.4 Å². The van der Waals surface area contributed by atoms with Crippen LogP contribution in [0.15, 0.2) is 18.2 Å². The Morgan fingerprint density at radius 2 is 2.39 bits per heavy atom. The van der Waals surface area contributed by atoms with Crippen LogP contribution in [-0.2, 0) is 11.3 Å². The van der Waals surface area contributed by atoms with E-state index in [4.69, 9.17) is 4.74 Å². The quantitative estimate of drug-likeness (QED) is 0.834. The molecule has 1 aliphatic heterocycles. The predicted molar refractivity (Wildman–Crippen MR) is 73.9 cm³/mol. The van der Waals surface area contributed by atoms with E-state index < -0.39 is 0 Å². The smallest absolute Gasteiger partial charge is 0.128 e. The highest BCUT2D eigenvalue weighted by molar-refractivity contribution is 5.38. The molecule has 2 rings (SSSR count). The summed E-state index contributed by atoms with van der Waals surface area (Å²) < 4.78 is 5.66. The second kappa shape index (κ2) is 6.71. The van der Waals surface area contributed by atoms with E-state index in [9.17, 15) is 0 Å². The molecule has 1 atom stereocenters. The lowest BCUT2D eigenvalue weighted by molar-refractivity contribution is 0.116. The Hall–Kier alpha value is -1.13. The third-order valence-corrected chi connectivity index (χ3v) is 3.24. The van der Waals surface area contributed by atoms with Gasteiger partial charge in [0.05, 0.1) is 11.8 Å². The summed E-state index contributed by atoms with van der Waals surface area (Å²) >= 11 is 0. The lowest BCUT2D eigenvalue weighted by atomic mass is 10.2. The molecule has 0 aliphatic carbocycles. The summed E-state index contributed by atoms with van der Waals surface area (Å²) in [7, 11) is 2.08. The Morgan fingerprint density at radius 3 is 3.11 bits per heavy atom. The maximum atomic E-state index is 5.66. The minimum Gasteiger partial charge on any atom is -0.376 e. The van der Waals surface area contributed by atoms with Crippen LogP contribution in [-0.4, -0.2) is 37.8 Å². The van der Waals surface area contributed by atoms with E-state index in [2.05, 4.69) is 47.4 Å². The summed E-state index contributed by atoms with van der Waals surface area (Å²) in [4.78, 5) is 6.85. The molecule has 4 nitrogen and oxygen atoms in total. The van der Waals surface area contributed by atoms with E-state index in [1.54, 1.807) is 0 Å². The fraction of sp³-hybridized carbons (Fsp3) is 0.643. The van der Waals surface area contributed by atoms with Gasteiger partial charge in [0.25, 0.3) is 0 Å². The largest absolute Gasteiger partial charge is 0.376 e. The van der Waals surface area contributed by atoms with Crippen LogP contribution in [0.2, 0.25) is 0 Å². The zero-order valence-electron chi connectivity index (χ0n) is 11.4. The molecule has 1 fully saturated rings. The highest BCUT2D eigenvalue weighted by atomic mass is 16.5. The van der Waals surface area contributed by atoms with Crippen LogP contribution in [0.4, 0.5) is 5.82 Å². The highest BCUT2D eigenvalue weighted by Crippen LogP contribution is 2.16. The first-order valence-electron chi connectivity index (χ1n) is 6.79. The molecule has 2 heterocycles. The van der Waals surface area contributed by atoms with Gasteiger partial charge in [0.1, 0.15) is 5.82 Å². The maximum absolute atomic E-state index is 5.66. The first-order valence-corrected chi connectivity index (χ1v) is 6.79. The number of aromatic nitrogens is 1. The summed E-state index contributed by atoms with van der Waals surface area (Å²) in [6, 6.07) is 6.19. The van der Waals surface area contributed by atoms with E-state index in [-0.39, 0.29) is 0 Å². The number of rotatable bonds is 6. The summed E-state index contributed by atoms with van der Waals surface area (Å²) in [6.07, 6.45) is 2.72. The second-order valence-electron chi connectivity index (χ2n) is 4.78. The van der Waals surface area contributed by atoms with Gasteiger partial charge in [0, 0.05) is 26.7 Å². The molecule has 18 heavy (non-hydrogen) atoms. The van der Waals surface area contributed by atoms with Gasteiger partial charge in [-0.25, -0.2) is 4.98 Å². The number of ether oxygens (including phenoxy) is 1. The second-order valence-corrected chi connectivity index (χ2v) is 4.78. The van der Waals surface area contributed by atoms with Crippen LogP contribution < -0.4 is 10.2 Å². The highest BCUT2D eigenvalue weighted by Gasteiger charge is 2.18. The standard InChI is InChI=1S/C14H23N3O/c1-3-15-10-12-6-4-8-14(16-12)17(2)11-13-7-5-9-18-13/h4,6,8,13,15H,3,5,7,9-11H2,1-2H3. The van der Waals surface area contributed by atoms with Crippen molar-refractivity contribution in [3.8, 4) is 0 Å². The Morgan fingerprint density at radius 1 is 1.50 bits per heavy atom. The Bertz CT molecular complexity index is 364. The van der Waals surface area contributed by atoms with Gasteiger partial charge in [0.2, 0.25) is 0 Å². The van der Waals surface area contributed by atoms with Crippen LogP contribution in [0.25, 0.3) is 0 Å². The Balaban J connectivity index is 1.93. The first kappa shape index (κ1) is 13.3. The third-order valence-electron chi connectivity index (χ3n) is 3.24. The van der Waals surface area contributed by atoms with E-state index in [0.717, 1.165) is 37.8 Å². The van der Waals surface area contributed by atoms with Gasteiger partial charge in [-0.15, -0.1) is 0 Å². The Labute approximate surface area is 109 Å². The third kappa shape index (κ3) is 3.68. The summed E-state index contributed by atoms with van der Waals surface area (Å²) in [5, 5.41) is 3.30. The number of anilines is 1. The zero-order valence-corrected chi connectivity index (χ0v) is 11.4. The summed E-state index contributed by atoms with van der Waals surface area (Å²) in [6.45, 7) is 5.74. The number of nitrogens with zero attached hydrogens (tertiary/aromatic N) is 2. The molecule has 0 aromatic carbocycles. The average molecular weight is 249 g/mol. The molecule has 0 amide bonds. The lowest BCUT2D eigenvalue weighted by Gasteiger charge is -2.22. The lowest BCUT2D eigenvalue weighted by Crippen LogP contribution is -2.29. The van der Waals surface area contributed by atoms with Crippen LogP contribution >= 0.6 is 0 Å². The minimum atomic E-state index is 0.370. The van der Waals surface area contributed by atoms with Gasteiger partial charge in [-0.2, -0.15) is 0 Å². The predicted octanol–water partition coefficient (Wildman–Crippen LogP) is 1.81. The number of pyridine rings is 1. The van der Waals surface area contributed by atoms with Gasteiger partial charge in [-0.1, -0.05) is 13.0 Å². The van der Waals surface area contributed by atoms with E-state index in [1.807, 2.05) is 0 Å². The zero-order chi connectivity index (χ0) is 12.8. The van der Waals surface area contributed by atoms with Gasteiger partial charge in [0.15, 0.2) is 0 Å².